The first-order chi connectivity index (χ1) is 13.1. The molecule has 2 aromatic carbocycles. The molecule has 6 nitrogen and oxygen atoms in total. The van der Waals surface area contributed by atoms with Crippen molar-refractivity contribution in [2.75, 3.05) is 16.0 Å². The quantitative estimate of drug-likeness (QED) is 0.562. The maximum atomic E-state index is 12.3. The summed E-state index contributed by atoms with van der Waals surface area (Å²) in [6.07, 6.45) is 3.58. The van der Waals surface area contributed by atoms with Gasteiger partial charge in [0.15, 0.2) is 0 Å². The lowest BCUT2D eigenvalue weighted by molar-refractivity contribution is -0.117. The fraction of sp³-hybridized carbons (Fsp3) is 0.238. The average molecular weight is 359 g/mol. The van der Waals surface area contributed by atoms with Gasteiger partial charge in [-0.2, -0.15) is 0 Å². The number of hydrogen-bond acceptors (Lipinski definition) is 4. The molecule has 0 bridgehead atoms. The summed E-state index contributed by atoms with van der Waals surface area (Å²) in [6.45, 7) is 4.17. The first kappa shape index (κ1) is 15.9. The number of nitrogens with one attached hydrogen (secondary N) is 4. The van der Waals surface area contributed by atoms with Crippen LogP contribution in [0.5, 0.6) is 0 Å². The van der Waals surface area contributed by atoms with Gasteiger partial charge in [-0.25, -0.2) is 4.98 Å². The third-order valence-electron chi connectivity index (χ3n) is 5.35. The molecular formula is C21H21N5O. The molecule has 0 saturated carbocycles. The van der Waals surface area contributed by atoms with Crippen LogP contribution in [-0.4, -0.2) is 15.9 Å². The number of amides is 1. The number of aromatic amines is 1. The van der Waals surface area contributed by atoms with Gasteiger partial charge in [0.25, 0.3) is 0 Å². The van der Waals surface area contributed by atoms with Gasteiger partial charge in [-0.3, -0.25) is 4.79 Å². The second kappa shape index (κ2) is 5.87. The zero-order valence-electron chi connectivity index (χ0n) is 15.2. The average Bonchev–Trinajstić information content (AvgIpc) is 3.37. The Morgan fingerprint density at radius 3 is 2.41 bits per heavy atom. The van der Waals surface area contributed by atoms with E-state index in [2.05, 4.69) is 70.1 Å². The highest BCUT2D eigenvalue weighted by Crippen LogP contribution is 2.45. The molecule has 0 spiro atoms. The van der Waals surface area contributed by atoms with E-state index in [1.165, 1.54) is 0 Å². The van der Waals surface area contributed by atoms with Crippen LogP contribution in [0.4, 0.5) is 17.1 Å². The van der Waals surface area contributed by atoms with E-state index >= 15 is 0 Å². The smallest absolute Gasteiger partial charge is 0.232 e. The summed E-state index contributed by atoms with van der Waals surface area (Å²) in [6, 6.07) is 12.5. The van der Waals surface area contributed by atoms with Gasteiger partial charge in [0.1, 0.15) is 12.0 Å². The lowest BCUT2D eigenvalue weighted by Gasteiger charge is -2.14. The number of H-pyrrole nitrogens is 1. The third-order valence-corrected chi connectivity index (χ3v) is 5.35. The molecular weight excluding hydrogens is 338 g/mol. The normalized spacial score (nSPS) is 20.0. The summed E-state index contributed by atoms with van der Waals surface area (Å²) >= 11 is 0. The zero-order valence-corrected chi connectivity index (χ0v) is 15.2. The third kappa shape index (κ3) is 2.56. The Morgan fingerprint density at radius 2 is 1.74 bits per heavy atom. The van der Waals surface area contributed by atoms with Crippen molar-refractivity contribution in [1.29, 1.82) is 0 Å². The van der Waals surface area contributed by atoms with Crippen LogP contribution in [0.15, 0.2) is 48.8 Å². The van der Waals surface area contributed by atoms with Gasteiger partial charge in [-0.05, 0) is 29.2 Å². The first-order valence-corrected chi connectivity index (χ1v) is 9.22. The van der Waals surface area contributed by atoms with Crippen molar-refractivity contribution >= 4 is 23.0 Å². The first-order valence-electron chi connectivity index (χ1n) is 9.22. The monoisotopic (exact) mass is 359 g/mol. The predicted octanol–water partition coefficient (Wildman–Crippen LogP) is 4.30. The Bertz CT molecular complexity index is 1010. The number of carbonyl (C=O) groups is 1. The van der Waals surface area contributed by atoms with Crippen LogP contribution in [0.3, 0.4) is 0 Å². The lowest BCUT2D eigenvalue weighted by atomic mass is 9.89. The molecule has 136 valence electrons. The molecule has 0 fully saturated rings. The van der Waals surface area contributed by atoms with Crippen LogP contribution in [0.2, 0.25) is 0 Å². The Labute approximate surface area is 157 Å². The van der Waals surface area contributed by atoms with E-state index in [0.29, 0.717) is 0 Å². The second-order valence-corrected chi connectivity index (χ2v) is 7.48. The summed E-state index contributed by atoms with van der Waals surface area (Å²) in [5.74, 6) is 1.14. The van der Waals surface area contributed by atoms with Crippen LogP contribution in [-0.2, 0) is 4.79 Å². The molecule has 3 aromatic rings. The molecule has 2 unspecified atom stereocenters. The van der Waals surface area contributed by atoms with Crippen molar-refractivity contribution in [2.24, 2.45) is 5.92 Å². The molecule has 2 aliphatic rings. The minimum Gasteiger partial charge on any atom is -0.360 e. The van der Waals surface area contributed by atoms with Crippen molar-refractivity contribution < 1.29 is 4.79 Å². The van der Waals surface area contributed by atoms with E-state index in [1.807, 2.05) is 12.3 Å². The highest BCUT2D eigenvalue weighted by molar-refractivity contribution is 6.05. The number of hydrogen-bond donors (Lipinski definition) is 4. The molecule has 4 N–H and O–H groups in total. The molecule has 0 aliphatic carbocycles. The number of aromatic nitrogens is 2. The van der Waals surface area contributed by atoms with E-state index in [0.717, 1.165) is 39.6 Å². The largest absolute Gasteiger partial charge is 0.360 e. The molecule has 2 atom stereocenters. The summed E-state index contributed by atoms with van der Waals surface area (Å²) in [5, 5.41) is 10.1. The fourth-order valence-corrected chi connectivity index (χ4v) is 4.00. The van der Waals surface area contributed by atoms with Crippen LogP contribution >= 0.6 is 0 Å². The number of nitrogens with zero attached hydrogens (tertiary/aromatic N) is 1. The second-order valence-electron chi connectivity index (χ2n) is 7.48. The molecule has 0 saturated heterocycles. The number of benzene rings is 2. The number of imidazole rings is 1. The van der Waals surface area contributed by atoms with Gasteiger partial charge in [-0.1, -0.05) is 38.1 Å². The zero-order chi connectivity index (χ0) is 18.5. The van der Waals surface area contributed by atoms with Gasteiger partial charge in [-0.15, -0.1) is 0 Å². The number of carbonyl (C=O) groups excluding carboxylic acids is 1. The lowest BCUT2D eigenvalue weighted by Crippen LogP contribution is -2.16. The van der Waals surface area contributed by atoms with Crippen LogP contribution in [0.25, 0.3) is 11.4 Å². The van der Waals surface area contributed by atoms with E-state index in [4.69, 9.17) is 0 Å². The van der Waals surface area contributed by atoms with Gasteiger partial charge in [0, 0.05) is 23.6 Å². The van der Waals surface area contributed by atoms with E-state index in [1.54, 1.807) is 6.20 Å². The van der Waals surface area contributed by atoms with Crippen molar-refractivity contribution in [3.05, 3.63) is 59.9 Å². The Morgan fingerprint density at radius 1 is 1.00 bits per heavy atom. The van der Waals surface area contributed by atoms with Crippen molar-refractivity contribution in [2.45, 2.75) is 25.9 Å². The van der Waals surface area contributed by atoms with Crippen molar-refractivity contribution in [3.63, 3.8) is 0 Å². The minimum atomic E-state index is -0.0845. The Balaban J connectivity index is 1.41. The van der Waals surface area contributed by atoms with Gasteiger partial charge >= 0.3 is 0 Å². The number of fused-ring (bicyclic) bond motifs is 2. The van der Waals surface area contributed by atoms with Crippen LogP contribution in [0.1, 0.15) is 37.1 Å². The van der Waals surface area contributed by atoms with Gasteiger partial charge < -0.3 is 20.9 Å². The van der Waals surface area contributed by atoms with E-state index < -0.39 is 0 Å². The topological polar surface area (TPSA) is 81.8 Å². The summed E-state index contributed by atoms with van der Waals surface area (Å²) < 4.78 is 0. The van der Waals surface area contributed by atoms with Crippen molar-refractivity contribution in [3.8, 4) is 11.4 Å². The molecule has 5 rings (SSSR count). The molecule has 1 aromatic heterocycles. The summed E-state index contributed by atoms with van der Waals surface area (Å²) in [4.78, 5) is 19.7. The molecule has 3 heterocycles. The van der Waals surface area contributed by atoms with E-state index in [-0.39, 0.29) is 23.9 Å². The fourth-order valence-electron chi connectivity index (χ4n) is 4.00. The maximum Gasteiger partial charge on any atom is 0.232 e. The SMILES string of the molecule is CC(C)C1C(=O)Nc2cc3c(cc21)NC(c1ccc(-c2ncc[nH]2)cc1)N3. The van der Waals surface area contributed by atoms with E-state index in [9.17, 15) is 4.79 Å². The molecule has 2 aliphatic heterocycles. The molecule has 27 heavy (non-hydrogen) atoms. The molecule has 6 heteroatoms. The summed E-state index contributed by atoms with van der Waals surface area (Å²) in [7, 11) is 0. The number of anilines is 3. The standard InChI is InChI=1S/C21H21N5O/c1-11(2)18-14-9-16-17(10-15(14)26-21(18)27)25-20(24-16)13-5-3-12(4-6-13)19-22-7-8-23-19/h3-11,18,20,24-25H,1-2H3,(H,22,23)(H,26,27). The maximum absolute atomic E-state index is 12.3. The van der Waals surface area contributed by atoms with Crippen LogP contribution in [0, 0.1) is 5.92 Å². The Kier molecular flexibility index (Phi) is 3.47. The van der Waals surface area contributed by atoms with Gasteiger partial charge in [0.05, 0.1) is 17.3 Å². The van der Waals surface area contributed by atoms with Crippen molar-refractivity contribution in [1.82, 2.24) is 9.97 Å². The molecule has 0 radical (unpaired) electrons. The van der Waals surface area contributed by atoms with Crippen LogP contribution < -0.4 is 16.0 Å². The predicted molar refractivity (Wildman–Crippen MR) is 107 cm³/mol. The molecule has 1 amide bonds. The number of rotatable bonds is 3. The van der Waals surface area contributed by atoms with Gasteiger partial charge in [0.2, 0.25) is 5.91 Å². The Hall–Kier alpha value is -3.28. The highest BCUT2D eigenvalue weighted by atomic mass is 16.2. The summed E-state index contributed by atoms with van der Waals surface area (Å²) in [5.41, 5.74) is 6.25. The highest BCUT2D eigenvalue weighted by Gasteiger charge is 2.35. The minimum absolute atomic E-state index is 0.00128.